The summed E-state index contributed by atoms with van der Waals surface area (Å²) in [5.74, 6) is 1.80. The van der Waals surface area contributed by atoms with E-state index in [1.54, 1.807) is 0 Å². The van der Waals surface area contributed by atoms with Crippen LogP contribution in [0.5, 0.6) is 0 Å². The van der Waals surface area contributed by atoms with Crippen molar-refractivity contribution in [1.29, 1.82) is 0 Å². The average Bonchev–Trinajstić information content (AvgIpc) is 3.09. The van der Waals surface area contributed by atoms with Gasteiger partial charge in [0.05, 0.1) is 0 Å². The van der Waals surface area contributed by atoms with Gasteiger partial charge < -0.3 is 20.1 Å². The molecule has 0 unspecified atom stereocenters. The number of guanidine groups is 1. The molecule has 1 aliphatic rings. The lowest BCUT2D eigenvalue weighted by Gasteiger charge is -2.30. The third-order valence-corrected chi connectivity index (χ3v) is 4.63. The Kier molecular flexibility index (Phi) is 8.01. The van der Waals surface area contributed by atoms with Crippen molar-refractivity contribution in [2.45, 2.75) is 39.7 Å². The Morgan fingerprint density at radius 2 is 1.87 bits per heavy atom. The number of aliphatic imine (C=N–C) groups is 1. The summed E-state index contributed by atoms with van der Waals surface area (Å²) in [6.07, 6.45) is 8.07. The van der Waals surface area contributed by atoms with Crippen molar-refractivity contribution in [1.82, 2.24) is 20.1 Å². The molecule has 5 heteroatoms. The minimum absolute atomic E-state index is 0.851. The second-order valence-electron chi connectivity index (χ2n) is 6.27. The van der Waals surface area contributed by atoms with E-state index in [0.29, 0.717) is 0 Å². The molecule has 1 aromatic rings. The van der Waals surface area contributed by atoms with Crippen LogP contribution in [0.15, 0.2) is 29.5 Å². The molecule has 2 heterocycles. The molecule has 0 amide bonds. The van der Waals surface area contributed by atoms with Crippen LogP contribution in [0.3, 0.4) is 0 Å². The van der Waals surface area contributed by atoms with Gasteiger partial charge in [-0.2, -0.15) is 0 Å². The van der Waals surface area contributed by atoms with Crippen LogP contribution in [0.2, 0.25) is 0 Å². The van der Waals surface area contributed by atoms with Crippen molar-refractivity contribution in [3.05, 3.63) is 24.5 Å². The summed E-state index contributed by atoms with van der Waals surface area (Å²) in [7, 11) is 0. The molecule has 0 radical (unpaired) electrons. The summed E-state index contributed by atoms with van der Waals surface area (Å²) in [4.78, 5) is 7.29. The maximum atomic E-state index is 4.74. The van der Waals surface area contributed by atoms with Crippen LogP contribution in [0.25, 0.3) is 0 Å². The van der Waals surface area contributed by atoms with Crippen LogP contribution in [0.1, 0.15) is 33.1 Å². The number of nitrogens with one attached hydrogen (secondary N) is 2. The van der Waals surface area contributed by atoms with E-state index in [1.807, 2.05) is 0 Å². The monoisotopic (exact) mass is 319 g/mol. The molecule has 0 aliphatic carbocycles. The van der Waals surface area contributed by atoms with E-state index < -0.39 is 0 Å². The van der Waals surface area contributed by atoms with Crippen molar-refractivity contribution in [3.63, 3.8) is 0 Å². The van der Waals surface area contributed by atoms with Gasteiger partial charge in [-0.3, -0.25) is 4.99 Å². The van der Waals surface area contributed by atoms with Gasteiger partial charge in [-0.1, -0.05) is 6.92 Å². The zero-order valence-corrected chi connectivity index (χ0v) is 14.8. The molecule has 23 heavy (non-hydrogen) atoms. The molecular formula is C18H33N5. The number of aromatic nitrogens is 1. The largest absolute Gasteiger partial charge is 0.357 e. The van der Waals surface area contributed by atoms with Crippen molar-refractivity contribution >= 4 is 5.96 Å². The quantitative estimate of drug-likeness (QED) is 0.570. The fraction of sp³-hybridized carbons (Fsp3) is 0.722. The Labute approximate surface area is 141 Å². The predicted molar refractivity (Wildman–Crippen MR) is 97.9 cm³/mol. The second-order valence-corrected chi connectivity index (χ2v) is 6.27. The molecule has 2 N–H and O–H groups in total. The molecule has 2 rings (SSSR count). The summed E-state index contributed by atoms with van der Waals surface area (Å²) in [5, 5.41) is 6.76. The van der Waals surface area contributed by atoms with Crippen LogP contribution < -0.4 is 10.6 Å². The highest BCUT2D eigenvalue weighted by molar-refractivity contribution is 5.79. The number of likely N-dealkylation sites (tertiary alicyclic amines) is 1. The van der Waals surface area contributed by atoms with Gasteiger partial charge >= 0.3 is 0 Å². The van der Waals surface area contributed by atoms with Gasteiger partial charge in [-0.25, -0.2) is 0 Å². The van der Waals surface area contributed by atoms with E-state index in [0.717, 1.165) is 38.1 Å². The zero-order valence-electron chi connectivity index (χ0n) is 14.8. The van der Waals surface area contributed by atoms with Crippen LogP contribution in [0, 0.1) is 5.92 Å². The first-order chi connectivity index (χ1) is 11.3. The van der Waals surface area contributed by atoms with Crippen molar-refractivity contribution in [2.75, 3.05) is 39.3 Å². The molecule has 1 aliphatic heterocycles. The number of rotatable bonds is 8. The van der Waals surface area contributed by atoms with Gasteiger partial charge in [-0.15, -0.1) is 0 Å². The van der Waals surface area contributed by atoms with E-state index >= 15 is 0 Å². The van der Waals surface area contributed by atoms with E-state index in [2.05, 4.69) is 58.5 Å². The summed E-state index contributed by atoms with van der Waals surface area (Å²) in [6, 6.07) is 4.12. The fourth-order valence-electron chi connectivity index (χ4n) is 3.11. The van der Waals surface area contributed by atoms with Gasteiger partial charge in [0.15, 0.2) is 5.96 Å². The first-order valence-electron chi connectivity index (χ1n) is 9.17. The molecule has 0 atom stereocenters. The lowest BCUT2D eigenvalue weighted by atomic mass is 9.94. The van der Waals surface area contributed by atoms with Gasteiger partial charge in [0.25, 0.3) is 0 Å². The van der Waals surface area contributed by atoms with Crippen LogP contribution >= 0.6 is 0 Å². The smallest absolute Gasteiger partial charge is 0.191 e. The van der Waals surface area contributed by atoms with Gasteiger partial charge in [0, 0.05) is 38.6 Å². The highest BCUT2D eigenvalue weighted by Crippen LogP contribution is 2.19. The molecule has 1 saturated heterocycles. The highest BCUT2D eigenvalue weighted by atomic mass is 15.2. The summed E-state index contributed by atoms with van der Waals surface area (Å²) >= 11 is 0. The van der Waals surface area contributed by atoms with E-state index in [1.165, 1.54) is 38.9 Å². The molecule has 1 aromatic heterocycles. The number of hydrogen-bond donors (Lipinski definition) is 2. The van der Waals surface area contributed by atoms with Gasteiger partial charge in [0.2, 0.25) is 0 Å². The Morgan fingerprint density at radius 1 is 1.13 bits per heavy atom. The standard InChI is InChI=1S/C18H33N5/c1-3-19-18(21-11-16-23-12-5-6-13-23)20-10-7-17-8-14-22(4-2)15-9-17/h5-6,12-13,17H,3-4,7-11,14-16H2,1-2H3,(H2,19,20,21). The van der Waals surface area contributed by atoms with E-state index in [9.17, 15) is 0 Å². The molecule has 1 fully saturated rings. The van der Waals surface area contributed by atoms with Crippen molar-refractivity contribution in [2.24, 2.45) is 10.9 Å². The molecule has 0 spiro atoms. The van der Waals surface area contributed by atoms with Crippen LogP contribution in [0.4, 0.5) is 0 Å². The lowest BCUT2D eigenvalue weighted by Crippen LogP contribution is -2.39. The highest BCUT2D eigenvalue weighted by Gasteiger charge is 2.17. The SMILES string of the molecule is CCNC(=NCCC1CCN(CC)CC1)NCCn1cccc1. The van der Waals surface area contributed by atoms with Crippen molar-refractivity contribution < 1.29 is 0 Å². The molecular weight excluding hydrogens is 286 g/mol. The Balaban J connectivity index is 1.66. The third kappa shape index (κ3) is 6.65. The summed E-state index contributed by atoms with van der Waals surface area (Å²) < 4.78 is 2.18. The summed E-state index contributed by atoms with van der Waals surface area (Å²) in [5.41, 5.74) is 0. The number of piperidine rings is 1. The van der Waals surface area contributed by atoms with E-state index in [4.69, 9.17) is 4.99 Å². The maximum absolute atomic E-state index is 4.74. The van der Waals surface area contributed by atoms with Gasteiger partial charge in [0.1, 0.15) is 0 Å². The normalized spacial score (nSPS) is 17.4. The fourth-order valence-corrected chi connectivity index (χ4v) is 3.11. The third-order valence-electron chi connectivity index (χ3n) is 4.63. The molecule has 130 valence electrons. The number of hydrogen-bond acceptors (Lipinski definition) is 2. The molecule has 5 nitrogen and oxygen atoms in total. The minimum atomic E-state index is 0.851. The average molecular weight is 319 g/mol. The Hall–Kier alpha value is -1.49. The maximum Gasteiger partial charge on any atom is 0.191 e. The minimum Gasteiger partial charge on any atom is -0.357 e. The molecule has 0 aromatic carbocycles. The Morgan fingerprint density at radius 3 is 2.52 bits per heavy atom. The van der Waals surface area contributed by atoms with Crippen LogP contribution in [-0.2, 0) is 6.54 Å². The van der Waals surface area contributed by atoms with Crippen LogP contribution in [-0.4, -0.2) is 54.7 Å². The first kappa shape index (κ1) is 17.9. The summed E-state index contributed by atoms with van der Waals surface area (Å²) in [6.45, 7) is 11.8. The van der Waals surface area contributed by atoms with Crippen molar-refractivity contribution in [3.8, 4) is 0 Å². The second kappa shape index (κ2) is 10.3. The van der Waals surface area contributed by atoms with E-state index in [-0.39, 0.29) is 0 Å². The topological polar surface area (TPSA) is 44.6 Å². The lowest BCUT2D eigenvalue weighted by molar-refractivity contribution is 0.188. The Bertz CT molecular complexity index is 432. The van der Waals surface area contributed by atoms with Gasteiger partial charge in [-0.05, 0) is 63.9 Å². The zero-order chi connectivity index (χ0) is 16.3. The predicted octanol–water partition coefficient (Wildman–Crippen LogP) is 2.17. The number of nitrogens with zero attached hydrogens (tertiary/aromatic N) is 3. The molecule has 0 saturated carbocycles. The first-order valence-corrected chi connectivity index (χ1v) is 9.17. The molecule has 0 bridgehead atoms.